The largest absolute Gasteiger partial charge is 0.462 e. The summed E-state index contributed by atoms with van der Waals surface area (Å²) in [6.07, 6.45) is 36.7. The first-order valence-corrected chi connectivity index (χ1v) is 22.7. The highest BCUT2D eigenvalue weighted by Gasteiger charge is 2.19. The van der Waals surface area contributed by atoms with Crippen molar-refractivity contribution in [2.75, 3.05) is 13.2 Å². The third kappa shape index (κ3) is 39.6. The molecule has 308 valence electrons. The molecule has 0 spiro atoms. The van der Waals surface area contributed by atoms with Crippen molar-refractivity contribution in [3.05, 3.63) is 0 Å². The smallest absolute Gasteiger partial charge is 0.306 e. The van der Waals surface area contributed by atoms with Crippen LogP contribution in [0.2, 0.25) is 0 Å². The predicted molar refractivity (Wildman–Crippen MR) is 220 cm³/mol. The normalized spacial score (nSPS) is 12.1. The van der Waals surface area contributed by atoms with Crippen molar-refractivity contribution >= 4 is 17.9 Å². The van der Waals surface area contributed by atoms with Crippen LogP contribution < -0.4 is 0 Å². The lowest BCUT2D eigenvalue weighted by Crippen LogP contribution is -2.30. The van der Waals surface area contributed by atoms with Gasteiger partial charge in [-0.25, -0.2) is 0 Å². The van der Waals surface area contributed by atoms with Crippen LogP contribution in [-0.4, -0.2) is 37.2 Å². The SMILES string of the molecule is CCCCCCCCCCCCCCCC(=O)O[C@@H](COC(=O)CCCCCCCCCCCC(C)C)COC(=O)CCCCCCCCC(C)C. The van der Waals surface area contributed by atoms with Gasteiger partial charge in [0.05, 0.1) is 0 Å². The Morgan fingerprint density at radius 1 is 0.365 bits per heavy atom. The molecule has 0 unspecified atom stereocenters. The van der Waals surface area contributed by atoms with E-state index in [2.05, 4.69) is 34.6 Å². The van der Waals surface area contributed by atoms with Gasteiger partial charge < -0.3 is 14.2 Å². The van der Waals surface area contributed by atoms with Gasteiger partial charge in [-0.15, -0.1) is 0 Å². The van der Waals surface area contributed by atoms with E-state index in [0.29, 0.717) is 19.3 Å². The fourth-order valence-electron chi connectivity index (χ4n) is 6.75. The molecule has 52 heavy (non-hydrogen) atoms. The molecule has 0 radical (unpaired) electrons. The molecule has 0 aliphatic heterocycles. The van der Waals surface area contributed by atoms with E-state index in [1.807, 2.05) is 0 Å². The lowest BCUT2D eigenvalue weighted by molar-refractivity contribution is -0.167. The maximum atomic E-state index is 12.7. The van der Waals surface area contributed by atoms with Gasteiger partial charge in [-0.2, -0.15) is 0 Å². The number of unbranched alkanes of at least 4 members (excludes halogenated alkanes) is 25. The van der Waals surface area contributed by atoms with Crippen molar-refractivity contribution in [1.29, 1.82) is 0 Å². The summed E-state index contributed by atoms with van der Waals surface area (Å²) in [7, 11) is 0. The molecule has 0 saturated carbocycles. The molecule has 0 aliphatic carbocycles. The van der Waals surface area contributed by atoms with Crippen LogP contribution in [0.5, 0.6) is 0 Å². The Hall–Kier alpha value is -1.59. The predicted octanol–water partition coefficient (Wildman–Crippen LogP) is 14.2. The molecule has 0 N–H and O–H groups in total. The van der Waals surface area contributed by atoms with Crippen molar-refractivity contribution in [2.45, 2.75) is 253 Å². The molecule has 1 atom stereocenters. The number of hydrogen-bond donors (Lipinski definition) is 0. The topological polar surface area (TPSA) is 78.9 Å². The first-order chi connectivity index (χ1) is 25.2. The van der Waals surface area contributed by atoms with Crippen molar-refractivity contribution in [3.8, 4) is 0 Å². The van der Waals surface area contributed by atoms with Crippen LogP contribution in [0.25, 0.3) is 0 Å². The van der Waals surface area contributed by atoms with Crippen LogP contribution in [0.1, 0.15) is 247 Å². The Kier molecular flexibility index (Phi) is 37.9. The van der Waals surface area contributed by atoms with Crippen LogP contribution in [0.3, 0.4) is 0 Å². The quantitative estimate of drug-likeness (QED) is 0.0354. The first-order valence-electron chi connectivity index (χ1n) is 22.7. The lowest BCUT2D eigenvalue weighted by atomic mass is 10.0. The van der Waals surface area contributed by atoms with Crippen LogP contribution in [0.15, 0.2) is 0 Å². The van der Waals surface area contributed by atoms with Crippen molar-refractivity contribution < 1.29 is 28.6 Å². The first kappa shape index (κ1) is 50.4. The third-order valence-electron chi connectivity index (χ3n) is 10.2. The molecular formula is C46H88O6. The molecule has 6 heteroatoms. The molecule has 0 saturated heterocycles. The van der Waals surface area contributed by atoms with Gasteiger partial charge in [0, 0.05) is 19.3 Å². The van der Waals surface area contributed by atoms with Gasteiger partial charge in [-0.1, -0.05) is 208 Å². The molecule has 0 fully saturated rings. The van der Waals surface area contributed by atoms with Gasteiger partial charge in [0.2, 0.25) is 0 Å². The molecule has 0 bridgehead atoms. The van der Waals surface area contributed by atoms with Gasteiger partial charge in [0.25, 0.3) is 0 Å². The summed E-state index contributed by atoms with van der Waals surface area (Å²) < 4.78 is 16.7. The van der Waals surface area contributed by atoms with E-state index in [0.717, 1.165) is 69.6 Å². The molecule has 6 nitrogen and oxygen atoms in total. The summed E-state index contributed by atoms with van der Waals surface area (Å²) in [6.45, 7) is 11.2. The highest BCUT2D eigenvalue weighted by atomic mass is 16.6. The molecule has 0 rings (SSSR count). The van der Waals surface area contributed by atoms with Crippen LogP contribution >= 0.6 is 0 Å². The van der Waals surface area contributed by atoms with E-state index in [4.69, 9.17) is 14.2 Å². The van der Waals surface area contributed by atoms with Gasteiger partial charge in [-0.05, 0) is 31.1 Å². The molecule has 0 aliphatic rings. The average molecular weight is 737 g/mol. The van der Waals surface area contributed by atoms with Gasteiger partial charge in [-0.3, -0.25) is 14.4 Å². The second kappa shape index (κ2) is 39.1. The lowest BCUT2D eigenvalue weighted by Gasteiger charge is -2.18. The fourth-order valence-corrected chi connectivity index (χ4v) is 6.75. The zero-order valence-corrected chi connectivity index (χ0v) is 35.4. The highest BCUT2D eigenvalue weighted by Crippen LogP contribution is 2.16. The maximum Gasteiger partial charge on any atom is 0.306 e. The summed E-state index contributed by atoms with van der Waals surface area (Å²) >= 11 is 0. The standard InChI is InChI=1S/C46H88O6/c1-6-7-8-9-10-11-12-13-14-17-21-28-33-38-46(49)52-43(40-51-45(48)37-32-27-23-22-25-30-35-42(4)5)39-50-44(47)36-31-26-20-18-15-16-19-24-29-34-41(2)3/h41-43H,6-40H2,1-5H3/t43-/m0/s1. The summed E-state index contributed by atoms with van der Waals surface area (Å²) in [6, 6.07) is 0. The van der Waals surface area contributed by atoms with E-state index >= 15 is 0 Å². The van der Waals surface area contributed by atoms with Crippen molar-refractivity contribution in [2.24, 2.45) is 11.8 Å². The molecule has 0 aromatic carbocycles. The van der Waals surface area contributed by atoms with Gasteiger partial charge in [0.15, 0.2) is 6.10 Å². The van der Waals surface area contributed by atoms with Crippen LogP contribution in [0, 0.1) is 11.8 Å². The fraction of sp³-hybridized carbons (Fsp3) is 0.935. The van der Waals surface area contributed by atoms with Crippen LogP contribution in [0.4, 0.5) is 0 Å². The minimum atomic E-state index is -0.760. The molecule has 0 amide bonds. The average Bonchev–Trinajstić information content (AvgIpc) is 3.11. The third-order valence-corrected chi connectivity index (χ3v) is 10.2. The Balaban J connectivity index is 4.33. The molecule has 0 aromatic heterocycles. The van der Waals surface area contributed by atoms with E-state index in [1.54, 1.807) is 0 Å². The highest BCUT2D eigenvalue weighted by molar-refractivity contribution is 5.71. The number of esters is 3. The minimum Gasteiger partial charge on any atom is -0.462 e. The Labute approximate surface area is 323 Å². The zero-order chi connectivity index (χ0) is 38.3. The van der Waals surface area contributed by atoms with E-state index < -0.39 is 6.10 Å². The summed E-state index contributed by atoms with van der Waals surface area (Å²) in [5.41, 5.74) is 0. The maximum absolute atomic E-state index is 12.7. The summed E-state index contributed by atoms with van der Waals surface area (Å²) in [4.78, 5) is 37.6. The summed E-state index contributed by atoms with van der Waals surface area (Å²) in [5.74, 6) is 0.709. The monoisotopic (exact) mass is 737 g/mol. The van der Waals surface area contributed by atoms with Crippen molar-refractivity contribution in [3.63, 3.8) is 0 Å². The van der Waals surface area contributed by atoms with Crippen LogP contribution in [-0.2, 0) is 28.6 Å². The number of carbonyl (C=O) groups is 3. The second-order valence-corrected chi connectivity index (χ2v) is 16.6. The Morgan fingerprint density at radius 2 is 0.635 bits per heavy atom. The summed E-state index contributed by atoms with van der Waals surface area (Å²) in [5, 5.41) is 0. The molecule has 0 aromatic rings. The van der Waals surface area contributed by atoms with Crippen molar-refractivity contribution in [1.82, 2.24) is 0 Å². The van der Waals surface area contributed by atoms with Gasteiger partial charge in [0.1, 0.15) is 13.2 Å². The second-order valence-electron chi connectivity index (χ2n) is 16.6. The van der Waals surface area contributed by atoms with E-state index in [9.17, 15) is 14.4 Å². The number of hydrogen-bond acceptors (Lipinski definition) is 6. The van der Waals surface area contributed by atoms with E-state index in [-0.39, 0.29) is 31.1 Å². The van der Waals surface area contributed by atoms with Gasteiger partial charge >= 0.3 is 17.9 Å². The minimum absolute atomic E-state index is 0.0658. The number of rotatable bonds is 40. The molecule has 0 heterocycles. The van der Waals surface area contributed by atoms with E-state index in [1.165, 1.54) is 135 Å². The Morgan fingerprint density at radius 3 is 0.942 bits per heavy atom. The number of ether oxygens (including phenoxy) is 3. The molecular weight excluding hydrogens is 648 g/mol. The zero-order valence-electron chi connectivity index (χ0n) is 35.4. The Bertz CT molecular complexity index is 794. The number of carbonyl (C=O) groups excluding carboxylic acids is 3.